The van der Waals surface area contributed by atoms with Crippen LogP contribution in [0.3, 0.4) is 0 Å². The Labute approximate surface area is 175 Å². The minimum Gasteiger partial charge on any atom is -0.379 e. The van der Waals surface area contributed by atoms with Gasteiger partial charge in [0.25, 0.3) is 0 Å². The van der Waals surface area contributed by atoms with Crippen molar-refractivity contribution in [2.24, 2.45) is 4.99 Å². The van der Waals surface area contributed by atoms with Crippen molar-refractivity contribution in [3.8, 4) is 0 Å². The number of hydrogen-bond donors (Lipinski definition) is 1. The van der Waals surface area contributed by atoms with Crippen LogP contribution in [0, 0.1) is 0 Å². The standard InChI is InChI=1S/C20H32N4O.HI/c1-4-5-9-12-23(3)20(21-2)22-17-19(18-10-7-6-8-11-18)24-13-15-25-16-14-24;/h4,6-8,10-11,19H,1,5,9,12-17H2,2-3H3,(H,21,22);1H. The van der Waals surface area contributed by atoms with Gasteiger partial charge in [-0.3, -0.25) is 9.89 Å². The molecule has 2 rings (SSSR count). The van der Waals surface area contributed by atoms with E-state index in [4.69, 9.17) is 4.74 Å². The topological polar surface area (TPSA) is 40.1 Å². The summed E-state index contributed by atoms with van der Waals surface area (Å²) in [6.07, 6.45) is 4.09. The number of hydrogen-bond acceptors (Lipinski definition) is 3. The Balaban J connectivity index is 0.00000338. The smallest absolute Gasteiger partial charge is 0.193 e. The molecule has 0 aliphatic carbocycles. The van der Waals surface area contributed by atoms with E-state index in [0.29, 0.717) is 6.04 Å². The summed E-state index contributed by atoms with van der Waals surface area (Å²) in [5.74, 6) is 0.943. The Morgan fingerprint density at radius 1 is 1.35 bits per heavy atom. The number of benzene rings is 1. The zero-order chi connectivity index (χ0) is 17.9. The van der Waals surface area contributed by atoms with Crippen LogP contribution in [-0.4, -0.2) is 69.2 Å². The number of unbranched alkanes of at least 4 members (excludes halogenated alkanes) is 1. The number of ether oxygens (including phenoxy) is 1. The van der Waals surface area contributed by atoms with Crippen LogP contribution in [0.5, 0.6) is 0 Å². The van der Waals surface area contributed by atoms with Gasteiger partial charge in [0, 0.05) is 40.3 Å². The average molecular weight is 472 g/mol. The molecule has 1 saturated heterocycles. The van der Waals surface area contributed by atoms with Crippen LogP contribution < -0.4 is 5.32 Å². The lowest BCUT2D eigenvalue weighted by Crippen LogP contribution is -2.46. The van der Waals surface area contributed by atoms with Crippen LogP contribution in [0.1, 0.15) is 24.4 Å². The molecule has 1 aliphatic rings. The molecule has 5 nitrogen and oxygen atoms in total. The molecule has 0 bridgehead atoms. The molecule has 26 heavy (non-hydrogen) atoms. The summed E-state index contributed by atoms with van der Waals surface area (Å²) in [5, 5.41) is 3.56. The summed E-state index contributed by atoms with van der Waals surface area (Å²) >= 11 is 0. The van der Waals surface area contributed by atoms with Crippen molar-refractivity contribution in [3.05, 3.63) is 48.6 Å². The highest BCUT2D eigenvalue weighted by Crippen LogP contribution is 2.21. The van der Waals surface area contributed by atoms with Gasteiger partial charge < -0.3 is 15.0 Å². The van der Waals surface area contributed by atoms with Crippen molar-refractivity contribution in [3.63, 3.8) is 0 Å². The second-order valence-corrected chi connectivity index (χ2v) is 6.36. The van der Waals surface area contributed by atoms with Gasteiger partial charge in [-0.1, -0.05) is 36.4 Å². The Morgan fingerprint density at radius 2 is 2.04 bits per heavy atom. The Morgan fingerprint density at radius 3 is 2.65 bits per heavy atom. The van der Waals surface area contributed by atoms with E-state index in [9.17, 15) is 0 Å². The van der Waals surface area contributed by atoms with E-state index in [1.54, 1.807) is 0 Å². The van der Waals surface area contributed by atoms with E-state index >= 15 is 0 Å². The molecular formula is C20H33IN4O. The van der Waals surface area contributed by atoms with Gasteiger partial charge in [-0.05, 0) is 18.4 Å². The van der Waals surface area contributed by atoms with Crippen LogP contribution in [-0.2, 0) is 4.74 Å². The zero-order valence-electron chi connectivity index (χ0n) is 16.1. The lowest BCUT2D eigenvalue weighted by molar-refractivity contribution is 0.0169. The van der Waals surface area contributed by atoms with Crippen LogP contribution >= 0.6 is 24.0 Å². The molecule has 146 valence electrons. The maximum atomic E-state index is 5.52. The fraction of sp³-hybridized carbons (Fsp3) is 0.550. The minimum absolute atomic E-state index is 0. The monoisotopic (exact) mass is 472 g/mol. The Hall–Kier alpha value is -1.12. The Bertz CT molecular complexity index is 532. The summed E-state index contributed by atoms with van der Waals surface area (Å²) < 4.78 is 5.52. The highest BCUT2D eigenvalue weighted by atomic mass is 127. The number of morpholine rings is 1. The largest absolute Gasteiger partial charge is 0.379 e. The van der Waals surface area contributed by atoms with Gasteiger partial charge in [-0.2, -0.15) is 0 Å². The van der Waals surface area contributed by atoms with Crippen molar-refractivity contribution in [1.29, 1.82) is 0 Å². The maximum Gasteiger partial charge on any atom is 0.193 e. The third kappa shape index (κ3) is 7.25. The predicted octanol–water partition coefficient (Wildman–Crippen LogP) is 3.15. The molecule has 1 atom stereocenters. The molecule has 1 N–H and O–H groups in total. The molecule has 0 radical (unpaired) electrons. The van der Waals surface area contributed by atoms with Crippen LogP contribution in [0.15, 0.2) is 48.0 Å². The first kappa shape index (κ1) is 22.9. The maximum absolute atomic E-state index is 5.52. The molecule has 1 heterocycles. The molecule has 1 aliphatic heterocycles. The van der Waals surface area contributed by atoms with Gasteiger partial charge in [0.15, 0.2) is 5.96 Å². The number of nitrogens with zero attached hydrogens (tertiary/aromatic N) is 3. The highest BCUT2D eigenvalue weighted by molar-refractivity contribution is 14.0. The third-order valence-corrected chi connectivity index (χ3v) is 4.60. The van der Waals surface area contributed by atoms with Gasteiger partial charge in [-0.25, -0.2) is 0 Å². The van der Waals surface area contributed by atoms with E-state index < -0.39 is 0 Å². The second-order valence-electron chi connectivity index (χ2n) is 6.36. The summed E-state index contributed by atoms with van der Waals surface area (Å²) in [4.78, 5) is 9.12. The number of allylic oxidation sites excluding steroid dienone is 1. The first-order valence-electron chi connectivity index (χ1n) is 9.15. The van der Waals surface area contributed by atoms with Gasteiger partial charge in [0.1, 0.15) is 0 Å². The van der Waals surface area contributed by atoms with E-state index in [0.717, 1.165) is 58.2 Å². The minimum atomic E-state index is 0. The van der Waals surface area contributed by atoms with E-state index in [1.165, 1.54) is 5.56 Å². The molecule has 0 saturated carbocycles. The molecule has 1 fully saturated rings. The highest BCUT2D eigenvalue weighted by Gasteiger charge is 2.23. The molecule has 1 unspecified atom stereocenters. The lowest BCUT2D eigenvalue weighted by Gasteiger charge is -2.35. The number of halogens is 1. The first-order chi connectivity index (χ1) is 12.3. The average Bonchev–Trinajstić information content (AvgIpc) is 2.67. The molecule has 1 aromatic carbocycles. The molecule has 6 heteroatoms. The molecule has 0 amide bonds. The van der Waals surface area contributed by atoms with E-state index in [1.807, 2.05) is 13.1 Å². The van der Waals surface area contributed by atoms with Crippen molar-refractivity contribution in [2.75, 3.05) is 53.5 Å². The number of nitrogens with one attached hydrogen (secondary N) is 1. The molecule has 0 spiro atoms. The number of guanidine groups is 1. The number of aliphatic imine (C=N–C) groups is 1. The first-order valence-corrected chi connectivity index (χ1v) is 9.15. The fourth-order valence-electron chi connectivity index (χ4n) is 3.17. The van der Waals surface area contributed by atoms with Crippen molar-refractivity contribution < 1.29 is 4.74 Å². The van der Waals surface area contributed by atoms with Crippen LogP contribution in [0.25, 0.3) is 0 Å². The summed E-state index contributed by atoms with van der Waals surface area (Å²) in [6, 6.07) is 11.0. The summed E-state index contributed by atoms with van der Waals surface area (Å²) in [7, 11) is 3.93. The van der Waals surface area contributed by atoms with Crippen LogP contribution in [0.2, 0.25) is 0 Å². The van der Waals surface area contributed by atoms with Gasteiger partial charge >= 0.3 is 0 Å². The van der Waals surface area contributed by atoms with E-state index in [2.05, 4.69) is 64.1 Å². The van der Waals surface area contributed by atoms with Crippen molar-refractivity contribution in [2.45, 2.75) is 18.9 Å². The summed E-state index contributed by atoms with van der Waals surface area (Å²) in [5.41, 5.74) is 1.33. The lowest BCUT2D eigenvalue weighted by atomic mass is 10.0. The second kappa shape index (κ2) is 13.1. The normalized spacial score (nSPS) is 16.5. The zero-order valence-corrected chi connectivity index (χ0v) is 18.4. The summed E-state index contributed by atoms with van der Waals surface area (Å²) in [6.45, 7) is 9.14. The van der Waals surface area contributed by atoms with Gasteiger partial charge in [0.2, 0.25) is 0 Å². The fourth-order valence-corrected chi connectivity index (χ4v) is 3.17. The van der Waals surface area contributed by atoms with Crippen LogP contribution in [0.4, 0.5) is 0 Å². The van der Waals surface area contributed by atoms with Crippen molar-refractivity contribution in [1.82, 2.24) is 15.1 Å². The van der Waals surface area contributed by atoms with Gasteiger partial charge in [-0.15, -0.1) is 30.6 Å². The SMILES string of the molecule is C=CCCCN(C)C(=NC)NCC(c1ccccc1)N1CCOCC1.I. The Kier molecular flexibility index (Phi) is 11.6. The van der Waals surface area contributed by atoms with E-state index in [-0.39, 0.29) is 24.0 Å². The predicted molar refractivity (Wildman–Crippen MR) is 120 cm³/mol. The third-order valence-electron chi connectivity index (χ3n) is 4.60. The molecular weight excluding hydrogens is 439 g/mol. The van der Waals surface area contributed by atoms with Gasteiger partial charge in [0.05, 0.1) is 19.3 Å². The molecule has 0 aromatic heterocycles. The molecule has 1 aromatic rings. The van der Waals surface area contributed by atoms with Crippen molar-refractivity contribution >= 4 is 29.9 Å². The number of rotatable bonds is 8. The quantitative estimate of drug-likeness (QED) is 0.208.